The summed E-state index contributed by atoms with van der Waals surface area (Å²) in [5.41, 5.74) is 5.95. The Morgan fingerprint density at radius 3 is 2.35 bits per heavy atom. The molecule has 0 fully saturated rings. The lowest BCUT2D eigenvalue weighted by Crippen LogP contribution is -2.40. The van der Waals surface area contributed by atoms with E-state index in [-0.39, 0.29) is 0 Å². The number of benzene rings is 1. The molecule has 0 unspecified atom stereocenters. The van der Waals surface area contributed by atoms with E-state index in [4.69, 9.17) is 0 Å². The van der Waals surface area contributed by atoms with Crippen LogP contribution in [0.5, 0.6) is 0 Å². The summed E-state index contributed by atoms with van der Waals surface area (Å²) in [6, 6.07) is 12.5. The highest BCUT2D eigenvalue weighted by Gasteiger charge is 2.04. The van der Waals surface area contributed by atoms with E-state index in [0.717, 1.165) is 5.56 Å². The zero-order valence-electron chi connectivity index (χ0n) is 10.6. The van der Waals surface area contributed by atoms with Crippen LogP contribution in [-0.2, 0) is 4.79 Å². The quantitative estimate of drug-likeness (QED) is 0.655. The maximum atomic E-state index is 11.6. The second kappa shape index (κ2) is 6.84. The van der Waals surface area contributed by atoms with Crippen LogP contribution in [-0.4, -0.2) is 16.8 Å². The first kappa shape index (κ1) is 13.5. The maximum absolute atomic E-state index is 11.6. The Bertz CT molecular complexity index is 610. The van der Waals surface area contributed by atoms with Crippen molar-refractivity contribution in [2.24, 2.45) is 0 Å². The van der Waals surface area contributed by atoms with Gasteiger partial charge in [0.25, 0.3) is 11.8 Å². The van der Waals surface area contributed by atoms with E-state index in [0.29, 0.717) is 5.56 Å². The molecule has 5 heteroatoms. The maximum Gasteiger partial charge on any atom is 0.269 e. The molecule has 0 aliphatic rings. The molecule has 2 N–H and O–H groups in total. The third kappa shape index (κ3) is 4.06. The summed E-state index contributed by atoms with van der Waals surface area (Å²) in [5, 5.41) is 0. The first-order chi connectivity index (χ1) is 9.75. The molecule has 2 rings (SSSR count). The Kier molecular flexibility index (Phi) is 4.61. The minimum Gasteiger partial charge on any atom is -0.268 e. The van der Waals surface area contributed by atoms with Crippen LogP contribution in [0, 0.1) is 0 Å². The molecule has 0 atom stereocenters. The number of pyridine rings is 1. The van der Waals surface area contributed by atoms with E-state index in [1.807, 2.05) is 30.3 Å². The number of aromatic nitrogens is 1. The van der Waals surface area contributed by atoms with Gasteiger partial charge in [-0.15, -0.1) is 0 Å². The normalized spacial score (nSPS) is 10.2. The summed E-state index contributed by atoms with van der Waals surface area (Å²) >= 11 is 0. The van der Waals surface area contributed by atoms with Gasteiger partial charge in [0, 0.05) is 24.0 Å². The molecule has 0 saturated heterocycles. The topological polar surface area (TPSA) is 71.1 Å². The average Bonchev–Trinajstić information content (AvgIpc) is 2.52. The lowest BCUT2D eigenvalue weighted by atomic mass is 10.2. The van der Waals surface area contributed by atoms with Crippen molar-refractivity contribution in [3.05, 3.63) is 72.1 Å². The lowest BCUT2D eigenvalue weighted by Gasteiger charge is -2.04. The molecular formula is C15H13N3O2. The number of nitrogens with one attached hydrogen (secondary N) is 2. The number of hydrogen-bond donors (Lipinski definition) is 2. The molecule has 1 heterocycles. The zero-order chi connectivity index (χ0) is 14.2. The molecule has 0 spiro atoms. The molecule has 20 heavy (non-hydrogen) atoms. The monoisotopic (exact) mass is 267 g/mol. The molecule has 0 saturated carbocycles. The summed E-state index contributed by atoms with van der Waals surface area (Å²) in [7, 11) is 0. The van der Waals surface area contributed by atoms with Gasteiger partial charge in [0.2, 0.25) is 0 Å². The molecule has 0 aliphatic carbocycles. The Morgan fingerprint density at radius 2 is 1.65 bits per heavy atom. The molecule has 1 aromatic heterocycles. The first-order valence-corrected chi connectivity index (χ1v) is 5.99. The van der Waals surface area contributed by atoms with Crippen LogP contribution in [0.15, 0.2) is 60.9 Å². The van der Waals surface area contributed by atoms with Gasteiger partial charge in [-0.05, 0) is 23.8 Å². The average molecular weight is 267 g/mol. The standard InChI is InChI=1S/C15H13N3O2/c19-14(7-6-12-4-2-1-3-5-12)17-18-15(20)13-8-10-16-11-9-13/h1-11H,(H,17,19)(H,18,20). The molecule has 2 aromatic rings. The molecule has 0 aliphatic heterocycles. The third-order valence-corrected chi connectivity index (χ3v) is 2.47. The fourth-order valence-corrected chi connectivity index (χ4v) is 1.47. The summed E-state index contributed by atoms with van der Waals surface area (Å²) < 4.78 is 0. The Labute approximate surface area is 116 Å². The second-order valence-corrected chi connectivity index (χ2v) is 3.92. The summed E-state index contributed by atoms with van der Waals surface area (Å²) in [6.07, 6.45) is 6.02. The van der Waals surface area contributed by atoms with Crippen LogP contribution in [0.4, 0.5) is 0 Å². The van der Waals surface area contributed by atoms with Gasteiger partial charge in [0.05, 0.1) is 0 Å². The van der Waals surface area contributed by atoms with Crippen molar-refractivity contribution in [2.75, 3.05) is 0 Å². The van der Waals surface area contributed by atoms with Crippen molar-refractivity contribution in [2.45, 2.75) is 0 Å². The number of hydrogen-bond acceptors (Lipinski definition) is 3. The van der Waals surface area contributed by atoms with Crippen molar-refractivity contribution >= 4 is 17.9 Å². The number of nitrogens with zero attached hydrogens (tertiary/aromatic N) is 1. The number of carbonyl (C=O) groups excluding carboxylic acids is 2. The molecular weight excluding hydrogens is 254 g/mol. The molecule has 0 bridgehead atoms. The second-order valence-electron chi connectivity index (χ2n) is 3.92. The van der Waals surface area contributed by atoms with Crippen molar-refractivity contribution in [3.8, 4) is 0 Å². The molecule has 5 nitrogen and oxygen atoms in total. The van der Waals surface area contributed by atoms with Gasteiger partial charge in [-0.1, -0.05) is 30.3 Å². The smallest absolute Gasteiger partial charge is 0.268 e. The van der Waals surface area contributed by atoms with E-state index in [1.54, 1.807) is 18.2 Å². The van der Waals surface area contributed by atoms with E-state index in [2.05, 4.69) is 15.8 Å². The van der Waals surface area contributed by atoms with Crippen LogP contribution in [0.1, 0.15) is 15.9 Å². The highest BCUT2D eigenvalue weighted by molar-refractivity contribution is 5.97. The minimum atomic E-state index is -0.406. The highest BCUT2D eigenvalue weighted by atomic mass is 16.2. The minimum absolute atomic E-state index is 0.395. The Balaban J connectivity index is 1.84. The Hall–Kier alpha value is -2.95. The fraction of sp³-hybridized carbons (Fsp3) is 0. The first-order valence-electron chi connectivity index (χ1n) is 5.99. The van der Waals surface area contributed by atoms with Crippen LogP contribution in [0.25, 0.3) is 6.08 Å². The molecule has 2 amide bonds. The molecule has 100 valence electrons. The highest BCUT2D eigenvalue weighted by Crippen LogP contribution is 2.00. The largest absolute Gasteiger partial charge is 0.269 e. The van der Waals surface area contributed by atoms with Crippen molar-refractivity contribution in [3.63, 3.8) is 0 Å². The van der Waals surface area contributed by atoms with Gasteiger partial charge in [0.1, 0.15) is 0 Å². The van der Waals surface area contributed by atoms with Gasteiger partial charge >= 0.3 is 0 Å². The van der Waals surface area contributed by atoms with E-state index < -0.39 is 11.8 Å². The zero-order valence-corrected chi connectivity index (χ0v) is 10.6. The van der Waals surface area contributed by atoms with Crippen LogP contribution in [0.2, 0.25) is 0 Å². The predicted octanol–water partition coefficient (Wildman–Crippen LogP) is 1.56. The van der Waals surface area contributed by atoms with E-state index >= 15 is 0 Å². The van der Waals surface area contributed by atoms with Crippen LogP contribution < -0.4 is 10.9 Å². The van der Waals surface area contributed by atoms with E-state index in [9.17, 15) is 9.59 Å². The van der Waals surface area contributed by atoms with E-state index in [1.165, 1.54) is 18.5 Å². The summed E-state index contributed by atoms with van der Waals surface area (Å²) in [4.78, 5) is 27.0. The SMILES string of the molecule is O=C(C=Cc1ccccc1)NNC(=O)c1ccncc1. The van der Waals surface area contributed by atoms with Gasteiger partial charge in [-0.2, -0.15) is 0 Å². The van der Waals surface area contributed by atoms with Crippen LogP contribution in [0.3, 0.4) is 0 Å². The van der Waals surface area contributed by atoms with Gasteiger partial charge in [-0.25, -0.2) is 0 Å². The van der Waals surface area contributed by atoms with Crippen molar-refractivity contribution < 1.29 is 9.59 Å². The Morgan fingerprint density at radius 1 is 0.950 bits per heavy atom. The number of hydrazine groups is 1. The molecule has 1 aromatic carbocycles. The summed E-state index contributed by atoms with van der Waals surface area (Å²) in [5.74, 6) is -0.801. The number of amides is 2. The van der Waals surface area contributed by atoms with Crippen molar-refractivity contribution in [1.82, 2.24) is 15.8 Å². The van der Waals surface area contributed by atoms with Gasteiger partial charge in [0.15, 0.2) is 0 Å². The van der Waals surface area contributed by atoms with Gasteiger partial charge < -0.3 is 0 Å². The number of carbonyl (C=O) groups is 2. The number of rotatable bonds is 3. The van der Waals surface area contributed by atoms with Gasteiger partial charge in [-0.3, -0.25) is 25.4 Å². The van der Waals surface area contributed by atoms with Crippen LogP contribution >= 0.6 is 0 Å². The fourth-order valence-electron chi connectivity index (χ4n) is 1.47. The van der Waals surface area contributed by atoms with Crippen molar-refractivity contribution in [1.29, 1.82) is 0 Å². The molecule has 0 radical (unpaired) electrons. The predicted molar refractivity (Wildman–Crippen MR) is 75.3 cm³/mol. The summed E-state index contributed by atoms with van der Waals surface area (Å²) in [6.45, 7) is 0. The lowest BCUT2D eigenvalue weighted by molar-refractivity contribution is -0.117. The third-order valence-electron chi connectivity index (χ3n) is 2.47.